The summed E-state index contributed by atoms with van der Waals surface area (Å²) in [4.78, 5) is 0. The van der Waals surface area contributed by atoms with Gasteiger partial charge in [-0.2, -0.15) is 0 Å². The minimum atomic E-state index is 0.168. The zero-order chi connectivity index (χ0) is 10.7. The van der Waals surface area contributed by atoms with Crippen molar-refractivity contribution in [2.45, 2.75) is 51.5 Å². The number of hydrogen-bond acceptors (Lipinski definition) is 2. The Balaban J connectivity index is 1.91. The van der Waals surface area contributed by atoms with Crippen LogP contribution in [0.15, 0.2) is 11.8 Å². The summed E-state index contributed by atoms with van der Waals surface area (Å²) in [5, 5.41) is 0. The molecule has 0 amide bonds. The molecular formula is C13H23NO. The van der Waals surface area contributed by atoms with Gasteiger partial charge in [0, 0.05) is 6.42 Å². The molecule has 2 N–H and O–H groups in total. The normalized spacial score (nSPS) is 33.3. The van der Waals surface area contributed by atoms with Crippen LogP contribution in [-0.2, 0) is 4.74 Å². The fourth-order valence-electron chi connectivity index (χ4n) is 2.93. The van der Waals surface area contributed by atoms with Crippen LogP contribution in [0.1, 0.15) is 45.4 Å². The third-order valence-electron chi connectivity index (χ3n) is 3.97. The van der Waals surface area contributed by atoms with Crippen LogP contribution < -0.4 is 5.73 Å². The summed E-state index contributed by atoms with van der Waals surface area (Å²) in [6.07, 6.45) is 9.89. The Bertz CT molecular complexity index is 237. The molecule has 1 saturated carbocycles. The van der Waals surface area contributed by atoms with Crippen LogP contribution in [0.25, 0.3) is 0 Å². The van der Waals surface area contributed by atoms with Gasteiger partial charge in [0.1, 0.15) is 5.76 Å². The van der Waals surface area contributed by atoms with Gasteiger partial charge in [-0.05, 0) is 30.8 Å². The van der Waals surface area contributed by atoms with Crippen molar-refractivity contribution in [2.24, 2.45) is 17.6 Å². The molecule has 1 aliphatic carbocycles. The van der Waals surface area contributed by atoms with Gasteiger partial charge in [-0.25, -0.2) is 0 Å². The van der Waals surface area contributed by atoms with E-state index in [1.807, 2.05) is 0 Å². The van der Waals surface area contributed by atoms with E-state index in [1.54, 1.807) is 0 Å². The van der Waals surface area contributed by atoms with Crippen molar-refractivity contribution in [1.82, 2.24) is 0 Å². The third kappa shape index (κ3) is 2.54. The lowest BCUT2D eigenvalue weighted by molar-refractivity contribution is 0.174. The smallest absolute Gasteiger partial charge is 0.109 e. The molecule has 1 fully saturated rings. The summed E-state index contributed by atoms with van der Waals surface area (Å²) >= 11 is 0. The molecule has 0 aromatic carbocycles. The highest BCUT2D eigenvalue weighted by Crippen LogP contribution is 2.34. The second kappa shape index (κ2) is 5.02. The summed E-state index contributed by atoms with van der Waals surface area (Å²) in [5.41, 5.74) is 6.28. The number of hydrogen-bond donors (Lipinski definition) is 1. The van der Waals surface area contributed by atoms with Gasteiger partial charge in [0.2, 0.25) is 0 Å². The second-order valence-electron chi connectivity index (χ2n) is 4.97. The monoisotopic (exact) mass is 209 g/mol. The molecule has 0 spiro atoms. The molecule has 2 heteroatoms. The maximum absolute atomic E-state index is 6.28. The standard InChI is InChI=1S/C13H23NO/c1-2-10-5-3-6-11(9-10)13(14)12-7-4-8-15-12/h7,10-11,13H,2-6,8-9,14H2,1H3. The lowest BCUT2D eigenvalue weighted by atomic mass is 9.76. The van der Waals surface area contributed by atoms with E-state index in [9.17, 15) is 0 Å². The fourth-order valence-corrected chi connectivity index (χ4v) is 2.93. The Morgan fingerprint density at radius 3 is 3.07 bits per heavy atom. The molecule has 2 nitrogen and oxygen atoms in total. The Morgan fingerprint density at radius 2 is 2.40 bits per heavy atom. The minimum absolute atomic E-state index is 0.168. The SMILES string of the molecule is CCC1CCCC(C(N)C2=CCCO2)C1. The quantitative estimate of drug-likeness (QED) is 0.775. The molecule has 15 heavy (non-hydrogen) atoms. The fraction of sp³-hybridized carbons (Fsp3) is 0.846. The average molecular weight is 209 g/mol. The van der Waals surface area contributed by atoms with Gasteiger partial charge in [0.25, 0.3) is 0 Å². The third-order valence-corrected chi connectivity index (χ3v) is 3.97. The lowest BCUT2D eigenvalue weighted by Crippen LogP contribution is -2.35. The van der Waals surface area contributed by atoms with Gasteiger partial charge < -0.3 is 10.5 Å². The van der Waals surface area contributed by atoms with Crippen molar-refractivity contribution in [1.29, 1.82) is 0 Å². The maximum atomic E-state index is 6.28. The first kappa shape index (κ1) is 11.0. The number of nitrogens with two attached hydrogens (primary N) is 1. The van der Waals surface area contributed by atoms with Crippen molar-refractivity contribution >= 4 is 0 Å². The highest BCUT2D eigenvalue weighted by molar-refractivity contribution is 5.08. The van der Waals surface area contributed by atoms with Gasteiger partial charge in [-0.1, -0.05) is 26.2 Å². The summed E-state index contributed by atoms with van der Waals surface area (Å²) in [6, 6.07) is 0.168. The molecule has 1 aliphatic heterocycles. The van der Waals surface area contributed by atoms with E-state index in [1.165, 1.54) is 32.1 Å². The molecule has 0 aromatic rings. The molecule has 86 valence electrons. The summed E-state index contributed by atoms with van der Waals surface area (Å²) in [7, 11) is 0. The van der Waals surface area contributed by atoms with Gasteiger partial charge in [-0.3, -0.25) is 0 Å². The van der Waals surface area contributed by atoms with Crippen LogP contribution in [0.3, 0.4) is 0 Å². The summed E-state index contributed by atoms with van der Waals surface area (Å²) < 4.78 is 5.57. The van der Waals surface area contributed by atoms with Crippen molar-refractivity contribution in [3.8, 4) is 0 Å². The van der Waals surface area contributed by atoms with Crippen LogP contribution in [0.5, 0.6) is 0 Å². The number of ether oxygens (including phenoxy) is 1. The highest BCUT2D eigenvalue weighted by atomic mass is 16.5. The first-order chi connectivity index (χ1) is 7.31. The molecule has 0 bridgehead atoms. The predicted molar refractivity (Wildman–Crippen MR) is 62.4 cm³/mol. The molecule has 1 heterocycles. The zero-order valence-electron chi connectivity index (χ0n) is 9.74. The molecule has 2 rings (SSSR count). The molecule has 3 unspecified atom stereocenters. The van der Waals surface area contributed by atoms with E-state index in [4.69, 9.17) is 10.5 Å². The van der Waals surface area contributed by atoms with Gasteiger partial charge in [-0.15, -0.1) is 0 Å². The van der Waals surface area contributed by atoms with E-state index in [0.29, 0.717) is 5.92 Å². The van der Waals surface area contributed by atoms with E-state index in [0.717, 1.165) is 24.7 Å². The Hall–Kier alpha value is -0.500. The van der Waals surface area contributed by atoms with Crippen molar-refractivity contribution in [3.63, 3.8) is 0 Å². The molecule has 0 saturated heterocycles. The zero-order valence-corrected chi connectivity index (χ0v) is 9.74. The highest BCUT2D eigenvalue weighted by Gasteiger charge is 2.29. The van der Waals surface area contributed by atoms with E-state index < -0.39 is 0 Å². The van der Waals surface area contributed by atoms with Gasteiger partial charge in [0.05, 0.1) is 12.6 Å². The second-order valence-corrected chi connectivity index (χ2v) is 4.97. The van der Waals surface area contributed by atoms with E-state index in [-0.39, 0.29) is 6.04 Å². The van der Waals surface area contributed by atoms with Crippen molar-refractivity contribution in [3.05, 3.63) is 11.8 Å². The summed E-state index contributed by atoms with van der Waals surface area (Å²) in [6.45, 7) is 3.14. The Labute approximate surface area is 92.9 Å². The largest absolute Gasteiger partial charge is 0.496 e. The van der Waals surface area contributed by atoms with Crippen LogP contribution >= 0.6 is 0 Å². The molecule has 2 aliphatic rings. The Morgan fingerprint density at radius 1 is 1.53 bits per heavy atom. The molecular weight excluding hydrogens is 186 g/mol. The van der Waals surface area contributed by atoms with Crippen LogP contribution in [0.2, 0.25) is 0 Å². The molecule has 3 atom stereocenters. The first-order valence-electron chi connectivity index (χ1n) is 6.39. The van der Waals surface area contributed by atoms with Crippen LogP contribution in [0.4, 0.5) is 0 Å². The van der Waals surface area contributed by atoms with E-state index >= 15 is 0 Å². The summed E-state index contributed by atoms with van der Waals surface area (Å²) in [5.74, 6) is 2.63. The van der Waals surface area contributed by atoms with Crippen molar-refractivity contribution < 1.29 is 4.74 Å². The maximum Gasteiger partial charge on any atom is 0.109 e. The molecule has 0 aromatic heterocycles. The van der Waals surface area contributed by atoms with Gasteiger partial charge in [0.15, 0.2) is 0 Å². The topological polar surface area (TPSA) is 35.2 Å². The van der Waals surface area contributed by atoms with Crippen LogP contribution in [0, 0.1) is 11.8 Å². The minimum Gasteiger partial charge on any atom is -0.496 e. The van der Waals surface area contributed by atoms with Crippen molar-refractivity contribution in [2.75, 3.05) is 6.61 Å². The van der Waals surface area contributed by atoms with Gasteiger partial charge >= 0.3 is 0 Å². The van der Waals surface area contributed by atoms with E-state index in [2.05, 4.69) is 13.0 Å². The average Bonchev–Trinajstić information content (AvgIpc) is 2.81. The number of rotatable bonds is 3. The molecule has 0 radical (unpaired) electrons. The Kier molecular flexibility index (Phi) is 3.68. The van der Waals surface area contributed by atoms with Crippen LogP contribution in [-0.4, -0.2) is 12.6 Å². The lowest BCUT2D eigenvalue weighted by Gasteiger charge is -2.32. The predicted octanol–water partition coefficient (Wildman–Crippen LogP) is 2.83. The first-order valence-corrected chi connectivity index (χ1v) is 6.39.